The minimum atomic E-state index is 0.0733. The molecule has 1 unspecified atom stereocenters. The van der Waals surface area contributed by atoms with E-state index in [0.29, 0.717) is 5.82 Å². The molecule has 0 amide bonds. The second-order valence-electron chi connectivity index (χ2n) is 5.24. The maximum atomic E-state index is 6.34. The molecule has 3 aromatic rings. The van der Waals surface area contributed by atoms with Crippen molar-refractivity contribution in [2.45, 2.75) is 26.8 Å². The first-order valence-electron chi connectivity index (χ1n) is 6.84. The van der Waals surface area contributed by atoms with Gasteiger partial charge in [0.25, 0.3) is 0 Å². The molecule has 21 heavy (non-hydrogen) atoms. The quantitative estimate of drug-likeness (QED) is 0.781. The van der Waals surface area contributed by atoms with Crippen LogP contribution in [0.4, 0.5) is 5.82 Å². The number of rotatable bonds is 2. The van der Waals surface area contributed by atoms with Gasteiger partial charge in [-0.25, -0.2) is 9.97 Å². The summed E-state index contributed by atoms with van der Waals surface area (Å²) in [5, 5.41) is 1.68. The van der Waals surface area contributed by atoms with Crippen LogP contribution in [0.1, 0.15) is 29.8 Å². The molecule has 1 atom stereocenters. The van der Waals surface area contributed by atoms with E-state index in [0.717, 1.165) is 32.9 Å². The zero-order valence-electron chi connectivity index (χ0n) is 12.3. The van der Waals surface area contributed by atoms with E-state index in [1.165, 1.54) is 6.33 Å². The number of hydrogen-bond donors (Lipinski definition) is 1. The molecule has 0 saturated heterocycles. The fourth-order valence-corrected chi connectivity index (χ4v) is 3.17. The van der Waals surface area contributed by atoms with Crippen molar-refractivity contribution in [3.63, 3.8) is 0 Å². The van der Waals surface area contributed by atoms with E-state index in [2.05, 4.69) is 28.4 Å². The number of halogens is 1. The van der Waals surface area contributed by atoms with Crippen molar-refractivity contribution in [3.05, 3.63) is 52.4 Å². The van der Waals surface area contributed by atoms with Gasteiger partial charge in [0.15, 0.2) is 0 Å². The number of hydrogen-bond acceptors (Lipinski definition) is 3. The molecule has 0 aliphatic rings. The van der Waals surface area contributed by atoms with Crippen LogP contribution in [0.25, 0.3) is 11.0 Å². The van der Waals surface area contributed by atoms with Crippen LogP contribution in [0.2, 0.25) is 5.02 Å². The third kappa shape index (κ3) is 2.07. The highest BCUT2D eigenvalue weighted by atomic mass is 35.5. The Balaban J connectivity index is 2.28. The molecule has 3 rings (SSSR count). The number of aromatic nitrogens is 3. The van der Waals surface area contributed by atoms with Gasteiger partial charge in [-0.2, -0.15) is 0 Å². The first kappa shape index (κ1) is 13.9. The van der Waals surface area contributed by atoms with Gasteiger partial charge in [-0.3, -0.25) is 0 Å². The van der Waals surface area contributed by atoms with Gasteiger partial charge in [0.2, 0.25) is 0 Å². The van der Waals surface area contributed by atoms with Crippen molar-refractivity contribution in [3.8, 4) is 0 Å². The van der Waals surface area contributed by atoms with Crippen molar-refractivity contribution >= 4 is 28.5 Å². The van der Waals surface area contributed by atoms with Crippen LogP contribution >= 0.6 is 11.6 Å². The third-order valence-electron chi connectivity index (χ3n) is 4.11. The second-order valence-corrected chi connectivity index (χ2v) is 5.64. The van der Waals surface area contributed by atoms with Gasteiger partial charge in [-0.1, -0.05) is 29.8 Å². The molecule has 2 N–H and O–H groups in total. The Kier molecular flexibility index (Phi) is 3.33. The van der Waals surface area contributed by atoms with Crippen LogP contribution < -0.4 is 5.73 Å². The van der Waals surface area contributed by atoms with E-state index in [4.69, 9.17) is 17.3 Å². The number of benzene rings is 1. The monoisotopic (exact) mass is 300 g/mol. The molecule has 0 radical (unpaired) electrons. The van der Waals surface area contributed by atoms with Crippen molar-refractivity contribution in [1.82, 2.24) is 14.5 Å². The smallest absolute Gasteiger partial charge is 0.146 e. The molecule has 0 bridgehead atoms. The molecule has 2 aromatic heterocycles. The lowest BCUT2D eigenvalue weighted by Crippen LogP contribution is -2.10. The predicted octanol–water partition coefficient (Wildman–Crippen LogP) is 3.89. The maximum absolute atomic E-state index is 6.34. The van der Waals surface area contributed by atoms with Gasteiger partial charge in [0.1, 0.15) is 17.8 Å². The predicted molar refractivity (Wildman–Crippen MR) is 86.7 cm³/mol. The summed E-state index contributed by atoms with van der Waals surface area (Å²) in [6.07, 6.45) is 1.51. The van der Waals surface area contributed by atoms with Crippen LogP contribution in [0.15, 0.2) is 30.6 Å². The minimum Gasteiger partial charge on any atom is -0.383 e. The largest absolute Gasteiger partial charge is 0.383 e. The molecule has 0 saturated carbocycles. The van der Waals surface area contributed by atoms with E-state index in [9.17, 15) is 0 Å². The fourth-order valence-electron chi connectivity index (χ4n) is 2.88. The molecule has 2 heterocycles. The first-order valence-corrected chi connectivity index (χ1v) is 7.22. The van der Waals surface area contributed by atoms with Crippen molar-refractivity contribution < 1.29 is 0 Å². The Morgan fingerprint density at radius 1 is 1.19 bits per heavy atom. The molecular formula is C16H17ClN4. The SMILES string of the molecule is Cc1c(C)n(C(C)c2ccccc2Cl)c2ncnc(N)c12. The van der Waals surface area contributed by atoms with E-state index >= 15 is 0 Å². The Hall–Kier alpha value is -2.07. The zero-order chi connectivity index (χ0) is 15.1. The van der Waals surface area contributed by atoms with Gasteiger partial charge in [0.05, 0.1) is 11.4 Å². The van der Waals surface area contributed by atoms with Gasteiger partial charge < -0.3 is 10.3 Å². The molecule has 5 heteroatoms. The zero-order valence-corrected chi connectivity index (χ0v) is 13.0. The molecule has 0 fully saturated rings. The summed E-state index contributed by atoms with van der Waals surface area (Å²) in [7, 11) is 0. The Labute approximate surface area is 128 Å². The number of nitrogens with two attached hydrogens (primary N) is 1. The van der Waals surface area contributed by atoms with E-state index in [1.54, 1.807) is 0 Å². The summed E-state index contributed by atoms with van der Waals surface area (Å²) in [6, 6.07) is 7.95. The molecule has 0 aliphatic carbocycles. The highest BCUT2D eigenvalue weighted by molar-refractivity contribution is 6.31. The summed E-state index contributed by atoms with van der Waals surface area (Å²) >= 11 is 6.34. The first-order chi connectivity index (χ1) is 10.0. The number of aryl methyl sites for hydroxylation is 1. The number of nitrogen functional groups attached to an aromatic ring is 1. The van der Waals surface area contributed by atoms with Crippen LogP contribution in [-0.2, 0) is 0 Å². The van der Waals surface area contributed by atoms with Crippen molar-refractivity contribution in [1.29, 1.82) is 0 Å². The average molecular weight is 301 g/mol. The molecule has 0 aliphatic heterocycles. The molecule has 1 aromatic carbocycles. The maximum Gasteiger partial charge on any atom is 0.146 e. The van der Waals surface area contributed by atoms with Crippen LogP contribution in [0.3, 0.4) is 0 Å². The van der Waals surface area contributed by atoms with Gasteiger partial charge >= 0.3 is 0 Å². The van der Waals surface area contributed by atoms with E-state index in [1.807, 2.05) is 31.2 Å². The second kappa shape index (κ2) is 5.04. The number of fused-ring (bicyclic) bond motifs is 1. The summed E-state index contributed by atoms with van der Waals surface area (Å²) in [4.78, 5) is 8.53. The van der Waals surface area contributed by atoms with E-state index in [-0.39, 0.29) is 6.04 Å². The molecule has 4 nitrogen and oxygen atoms in total. The number of nitrogens with zero attached hydrogens (tertiary/aromatic N) is 3. The number of anilines is 1. The van der Waals surface area contributed by atoms with Crippen molar-refractivity contribution in [2.75, 3.05) is 5.73 Å². The lowest BCUT2D eigenvalue weighted by Gasteiger charge is -2.18. The summed E-state index contributed by atoms with van der Waals surface area (Å²) in [5.74, 6) is 0.519. The normalized spacial score (nSPS) is 12.8. The standard InChI is InChI=1S/C16H17ClN4/c1-9-10(2)21(16-14(9)15(18)19-8-20-16)11(3)12-6-4-5-7-13(12)17/h4-8,11H,1-3H3,(H2,18,19,20). The minimum absolute atomic E-state index is 0.0733. The molecular weight excluding hydrogens is 284 g/mol. The molecule has 108 valence electrons. The fraction of sp³-hybridized carbons (Fsp3) is 0.250. The van der Waals surface area contributed by atoms with Gasteiger partial charge in [-0.05, 0) is 38.0 Å². The van der Waals surface area contributed by atoms with E-state index < -0.39 is 0 Å². The van der Waals surface area contributed by atoms with Gasteiger partial charge in [0, 0.05) is 10.7 Å². The summed E-state index contributed by atoms with van der Waals surface area (Å²) in [6.45, 7) is 6.24. The lowest BCUT2D eigenvalue weighted by molar-refractivity contribution is 0.639. The topological polar surface area (TPSA) is 56.7 Å². The summed E-state index contributed by atoms with van der Waals surface area (Å²) < 4.78 is 2.17. The third-order valence-corrected chi connectivity index (χ3v) is 4.45. The van der Waals surface area contributed by atoms with Crippen LogP contribution in [0, 0.1) is 13.8 Å². The van der Waals surface area contributed by atoms with Crippen molar-refractivity contribution in [2.24, 2.45) is 0 Å². The van der Waals surface area contributed by atoms with Gasteiger partial charge in [-0.15, -0.1) is 0 Å². The average Bonchev–Trinajstić information content (AvgIpc) is 2.72. The van der Waals surface area contributed by atoms with Crippen LogP contribution in [0.5, 0.6) is 0 Å². The highest BCUT2D eigenvalue weighted by Gasteiger charge is 2.20. The van der Waals surface area contributed by atoms with Crippen LogP contribution in [-0.4, -0.2) is 14.5 Å². The Bertz CT molecular complexity index is 823. The highest BCUT2D eigenvalue weighted by Crippen LogP contribution is 2.34. The lowest BCUT2D eigenvalue weighted by atomic mass is 10.1. The Morgan fingerprint density at radius 3 is 2.62 bits per heavy atom. The Morgan fingerprint density at radius 2 is 1.90 bits per heavy atom. The summed E-state index contributed by atoms with van der Waals surface area (Å²) in [5.41, 5.74) is 10.2. The molecule has 0 spiro atoms.